The Labute approximate surface area is 124 Å². The highest BCUT2D eigenvalue weighted by atomic mass is 79.9. The molecule has 1 aliphatic heterocycles. The van der Waals surface area contributed by atoms with Gasteiger partial charge in [-0.3, -0.25) is 4.79 Å². The Morgan fingerprint density at radius 1 is 1.11 bits per heavy atom. The lowest BCUT2D eigenvalue weighted by molar-refractivity contribution is -0.137. The van der Waals surface area contributed by atoms with E-state index in [-0.39, 0.29) is 0 Å². The third kappa shape index (κ3) is 2.16. The second kappa shape index (κ2) is 4.22. The molecule has 0 aromatic carbocycles. The Bertz CT molecular complexity index is 388. The van der Waals surface area contributed by atoms with Crippen LogP contribution in [-0.4, -0.2) is 28.2 Å². The number of alkyl halides is 1. The average Bonchev–Trinajstić information content (AvgIpc) is 2.77. The SMILES string of the molecule is O=C(CC12CC3CC(CC(Br)(C3)C1)C2)N1CCCC1. The summed E-state index contributed by atoms with van der Waals surface area (Å²) >= 11 is 4.04. The van der Waals surface area contributed by atoms with E-state index < -0.39 is 0 Å². The predicted octanol–water partition coefficient (Wildman–Crippen LogP) is 3.73. The number of hydrogen-bond donors (Lipinski definition) is 0. The smallest absolute Gasteiger partial charge is 0.223 e. The molecule has 4 bridgehead atoms. The summed E-state index contributed by atoms with van der Waals surface area (Å²) < 4.78 is 0.391. The predicted molar refractivity (Wildman–Crippen MR) is 79.2 cm³/mol. The van der Waals surface area contributed by atoms with Crippen molar-refractivity contribution in [3.05, 3.63) is 0 Å². The van der Waals surface area contributed by atoms with Crippen molar-refractivity contribution in [2.75, 3.05) is 13.1 Å². The lowest BCUT2D eigenvalue weighted by Gasteiger charge is -2.60. The molecule has 1 heterocycles. The molecule has 0 radical (unpaired) electrons. The van der Waals surface area contributed by atoms with Crippen LogP contribution < -0.4 is 0 Å². The Morgan fingerprint density at radius 2 is 1.74 bits per heavy atom. The molecule has 1 saturated heterocycles. The van der Waals surface area contributed by atoms with Crippen molar-refractivity contribution >= 4 is 21.8 Å². The van der Waals surface area contributed by atoms with Crippen LogP contribution in [0.15, 0.2) is 0 Å². The van der Waals surface area contributed by atoms with Gasteiger partial charge < -0.3 is 4.90 Å². The molecular weight excluding hydrogens is 302 g/mol. The van der Waals surface area contributed by atoms with Crippen LogP contribution in [0, 0.1) is 17.3 Å². The Balaban J connectivity index is 1.52. The van der Waals surface area contributed by atoms with Gasteiger partial charge in [0, 0.05) is 23.8 Å². The van der Waals surface area contributed by atoms with Crippen LogP contribution in [-0.2, 0) is 4.79 Å². The molecule has 2 unspecified atom stereocenters. The first-order valence-corrected chi connectivity index (χ1v) is 8.82. The molecule has 0 N–H and O–H groups in total. The third-order valence-corrected chi connectivity index (χ3v) is 7.02. The van der Waals surface area contributed by atoms with E-state index in [0.717, 1.165) is 31.3 Å². The van der Waals surface area contributed by atoms with Crippen molar-refractivity contribution in [2.24, 2.45) is 17.3 Å². The minimum Gasteiger partial charge on any atom is -0.343 e. The summed E-state index contributed by atoms with van der Waals surface area (Å²) in [7, 11) is 0. The van der Waals surface area contributed by atoms with Gasteiger partial charge in [0.2, 0.25) is 5.91 Å². The van der Waals surface area contributed by atoms with E-state index in [1.807, 2.05) is 0 Å². The average molecular weight is 326 g/mol. The minimum absolute atomic E-state index is 0.354. The lowest BCUT2D eigenvalue weighted by Crippen LogP contribution is -2.54. The van der Waals surface area contributed by atoms with Crippen molar-refractivity contribution in [1.82, 2.24) is 4.90 Å². The highest BCUT2D eigenvalue weighted by Crippen LogP contribution is 2.65. The van der Waals surface area contributed by atoms with Gasteiger partial charge in [0.05, 0.1) is 0 Å². The second-order valence-corrected chi connectivity index (χ2v) is 9.56. The molecule has 106 valence electrons. The molecule has 1 amide bonds. The van der Waals surface area contributed by atoms with E-state index >= 15 is 0 Å². The quantitative estimate of drug-likeness (QED) is 0.708. The van der Waals surface area contributed by atoms with Gasteiger partial charge >= 0.3 is 0 Å². The second-order valence-electron chi connectivity index (χ2n) is 7.88. The number of likely N-dealkylation sites (tertiary alicyclic amines) is 1. The molecule has 0 spiro atoms. The largest absolute Gasteiger partial charge is 0.343 e. The highest BCUT2D eigenvalue weighted by Gasteiger charge is 2.57. The molecule has 0 aromatic heterocycles. The summed E-state index contributed by atoms with van der Waals surface area (Å²) in [5.74, 6) is 2.24. The van der Waals surface area contributed by atoms with E-state index in [2.05, 4.69) is 20.8 Å². The summed E-state index contributed by atoms with van der Waals surface area (Å²) in [6, 6.07) is 0. The van der Waals surface area contributed by atoms with Crippen LogP contribution in [0.4, 0.5) is 0 Å². The maximum Gasteiger partial charge on any atom is 0.223 e. The summed E-state index contributed by atoms with van der Waals surface area (Å²) in [5.41, 5.74) is 0.354. The zero-order valence-electron chi connectivity index (χ0n) is 11.7. The van der Waals surface area contributed by atoms with E-state index in [0.29, 0.717) is 15.6 Å². The summed E-state index contributed by atoms with van der Waals surface area (Å²) in [5, 5.41) is 0. The maximum absolute atomic E-state index is 12.5. The lowest BCUT2D eigenvalue weighted by atomic mass is 9.48. The fraction of sp³-hybridized carbons (Fsp3) is 0.938. The highest BCUT2D eigenvalue weighted by molar-refractivity contribution is 9.10. The Kier molecular flexibility index (Phi) is 2.82. The first-order valence-electron chi connectivity index (χ1n) is 8.03. The number of amides is 1. The van der Waals surface area contributed by atoms with Gasteiger partial charge in [-0.1, -0.05) is 15.9 Å². The first kappa shape index (κ1) is 12.7. The number of nitrogens with zero attached hydrogens (tertiary/aromatic N) is 1. The third-order valence-electron chi connectivity index (χ3n) is 6.10. The van der Waals surface area contributed by atoms with Crippen molar-refractivity contribution in [3.63, 3.8) is 0 Å². The van der Waals surface area contributed by atoms with Crippen LogP contribution in [0.25, 0.3) is 0 Å². The van der Waals surface area contributed by atoms with Gasteiger partial charge in [-0.2, -0.15) is 0 Å². The summed E-state index contributed by atoms with van der Waals surface area (Å²) in [6.07, 6.45) is 11.4. The fourth-order valence-corrected chi connectivity index (χ4v) is 7.45. The van der Waals surface area contributed by atoms with Crippen LogP contribution >= 0.6 is 15.9 Å². The molecule has 2 nitrogen and oxygen atoms in total. The molecule has 5 aliphatic rings. The van der Waals surface area contributed by atoms with Crippen LogP contribution in [0.1, 0.15) is 57.8 Å². The molecular formula is C16H24BrNO. The molecule has 4 saturated carbocycles. The van der Waals surface area contributed by atoms with Gasteiger partial charge in [0.25, 0.3) is 0 Å². The molecule has 0 aromatic rings. The van der Waals surface area contributed by atoms with Crippen LogP contribution in [0.5, 0.6) is 0 Å². The Hall–Kier alpha value is -0.0500. The van der Waals surface area contributed by atoms with E-state index in [1.54, 1.807) is 0 Å². The van der Waals surface area contributed by atoms with Crippen molar-refractivity contribution in [2.45, 2.75) is 62.1 Å². The molecule has 4 aliphatic carbocycles. The van der Waals surface area contributed by atoms with Gasteiger partial charge in [-0.05, 0) is 68.6 Å². The van der Waals surface area contributed by atoms with Gasteiger partial charge in [0.15, 0.2) is 0 Å². The van der Waals surface area contributed by atoms with Gasteiger partial charge in [0.1, 0.15) is 0 Å². The number of carbonyl (C=O) groups excluding carboxylic acids is 1. The fourth-order valence-electron chi connectivity index (χ4n) is 5.94. The van der Waals surface area contributed by atoms with E-state index in [1.165, 1.54) is 51.4 Å². The molecule has 2 atom stereocenters. The van der Waals surface area contributed by atoms with Crippen molar-refractivity contribution in [1.29, 1.82) is 0 Å². The number of carbonyl (C=O) groups is 1. The zero-order valence-corrected chi connectivity index (χ0v) is 13.3. The van der Waals surface area contributed by atoms with Gasteiger partial charge in [-0.15, -0.1) is 0 Å². The summed E-state index contributed by atoms with van der Waals surface area (Å²) in [4.78, 5) is 14.7. The summed E-state index contributed by atoms with van der Waals surface area (Å²) in [6.45, 7) is 2.03. The van der Waals surface area contributed by atoms with Crippen LogP contribution in [0.2, 0.25) is 0 Å². The maximum atomic E-state index is 12.5. The number of rotatable bonds is 2. The van der Waals surface area contributed by atoms with Crippen LogP contribution in [0.3, 0.4) is 0 Å². The Morgan fingerprint density at radius 3 is 2.32 bits per heavy atom. The number of hydrogen-bond acceptors (Lipinski definition) is 1. The van der Waals surface area contributed by atoms with Gasteiger partial charge in [-0.25, -0.2) is 0 Å². The topological polar surface area (TPSA) is 20.3 Å². The molecule has 5 fully saturated rings. The normalized spacial score (nSPS) is 47.9. The number of halogens is 1. The monoisotopic (exact) mass is 325 g/mol. The van der Waals surface area contributed by atoms with Crippen molar-refractivity contribution < 1.29 is 4.79 Å². The standard InChI is InChI=1S/C16H24BrNO/c17-16-8-12-5-13(9-16)7-15(6-12,11-16)10-14(19)18-3-1-2-4-18/h12-13H,1-11H2. The van der Waals surface area contributed by atoms with Crippen molar-refractivity contribution in [3.8, 4) is 0 Å². The van der Waals surface area contributed by atoms with E-state index in [4.69, 9.17) is 0 Å². The molecule has 5 rings (SSSR count). The first-order chi connectivity index (χ1) is 9.06. The zero-order chi connectivity index (χ0) is 13.1. The molecule has 19 heavy (non-hydrogen) atoms. The van der Waals surface area contributed by atoms with E-state index in [9.17, 15) is 4.79 Å². The minimum atomic E-state index is 0.354. The molecule has 3 heteroatoms.